The highest BCUT2D eigenvalue weighted by Gasteiger charge is 2.27. The highest BCUT2D eigenvalue weighted by atomic mass is 16.5. The van der Waals surface area contributed by atoms with Gasteiger partial charge in [0, 0.05) is 31.5 Å². The van der Waals surface area contributed by atoms with E-state index in [9.17, 15) is 9.59 Å². The first-order valence-electron chi connectivity index (χ1n) is 15.3. The Labute approximate surface area is 253 Å². The molecule has 1 N–H and O–H groups in total. The number of nitrogens with one attached hydrogen (secondary N) is 1. The molecule has 12 nitrogen and oxygen atoms in total. The minimum absolute atomic E-state index is 0.0201. The second-order valence-corrected chi connectivity index (χ2v) is 11.5. The van der Waals surface area contributed by atoms with E-state index in [-0.39, 0.29) is 18.1 Å². The van der Waals surface area contributed by atoms with Gasteiger partial charge in [-0.05, 0) is 75.2 Å². The number of ether oxygens (including phenoxy) is 1. The van der Waals surface area contributed by atoms with Crippen LogP contribution >= 0.6 is 0 Å². The van der Waals surface area contributed by atoms with Crippen LogP contribution in [-0.2, 0) is 17.9 Å². The van der Waals surface area contributed by atoms with Crippen molar-refractivity contribution in [2.45, 2.75) is 38.8 Å². The van der Waals surface area contributed by atoms with Gasteiger partial charge in [-0.25, -0.2) is 19.3 Å². The molecule has 0 spiro atoms. The van der Waals surface area contributed by atoms with Crippen LogP contribution < -0.4 is 20.5 Å². The number of rotatable bonds is 5. The molecule has 0 saturated carbocycles. The van der Waals surface area contributed by atoms with E-state index in [1.54, 1.807) is 20.5 Å². The largest absolute Gasteiger partial charge is 0.482 e. The molecular weight excluding hydrogens is 558 g/mol. The Morgan fingerprint density at radius 3 is 2.75 bits per heavy atom. The second-order valence-electron chi connectivity index (χ2n) is 11.5. The zero-order valence-electron chi connectivity index (χ0n) is 24.4. The molecule has 1 fully saturated rings. The molecule has 2 aromatic carbocycles. The Hall–Kier alpha value is -4.97. The van der Waals surface area contributed by atoms with Crippen molar-refractivity contribution in [1.82, 2.24) is 33.8 Å². The standard InChI is InChI=1S/C32H33N9O3/c42-29-20-44-28-10-8-23-18-27(28)39(29)13-3-1-2-4-14-40-31(43)24-19-33-32(36-30(24)41(23)40)35-22-7-9-26-25(17-22)34-21-38(26)16-15-37-11-5-6-12-37/h2,4,7-10,17-19,21H,1,3,5-6,11-16,20H2,(H,33,35,36)/b4-2-. The summed E-state index contributed by atoms with van der Waals surface area (Å²) < 4.78 is 11.4. The molecule has 5 aromatic rings. The second kappa shape index (κ2) is 10.9. The lowest BCUT2D eigenvalue weighted by molar-refractivity contribution is -0.121. The van der Waals surface area contributed by atoms with Crippen molar-refractivity contribution in [1.29, 1.82) is 0 Å². The Balaban J connectivity index is 1.15. The van der Waals surface area contributed by atoms with Gasteiger partial charge in [0.15, 0.2) is 12.3 Å². The zero-order chi connectivity index (χ0) is 29.6. The van der Waals surface area contributed by atoms with E-state index >= 15 is 0 Å². The van der Waals surface area contributed by atoms with Crippen LogP contribution in [0.4, 0.5) is 17.3 Å². The minimum Gasteiger partial charge on any atom is -0.482 e. The number of imidazole rings is 1. The van der Waals surface area contributed by atoms with Gasteiger partial charge < -0.3 is 24.4 Å². The highest BCUT2D eigenvalue weighted by molar-refractivity contribution is 5.98. The molecule has 3 aromatic heterocycles. The molecule has 12 heteroatoms. The smallest absolute Gasteiger partial charge is 0.278 e. The molecule has 0 aliphatic carbocycles. The van der Waals surface area contributed by atoms with Crippen molar-refractivity contribution in [3.8, 4) is 11.4 Å². The van der Waals surface area contributed by atoms with Gasteiger partial charge in [0.2, 0.25) is 5.95 Å². The average molecular weight is 592 g/mol. The number of fused-ring (bicyclic) bond motifs is 6. The van der Waals surface area contributed by atoms with Gasteiger partial charge >= 0.3 is 0 Å². The highest BCUT2D eigenvalue weighted by Crippen LogP contribution is 2.35. The molecule has 2 bridgehead atoms. The molecule has 0 radical (unpaired) electrons. The summed E-state index contributed by atoms with van der Waals surface area (Å²) in [6.07, 6.45) is 11.7. The number of hydrogen-bond acceptors (Lipinski definition) is 8. The van der Waals surface area contributed by atoms with Crippen molar-refractivity contribution in [2.75, 3.05) is 43.0 Å². The predicted molar refractivity (Wildman–Crippen MR) is 168 cm³/mol. The van der Waals surface area contributed by atoms with E-state index in [2.05, 4.69) is 36.9 Å². The topological polar surface area (TPSA) is 115 Å². The van der Waals surface area contributed by atoms with Crippen LogP contribution in [0.2, 0.25) is 0 Å². The van der Waals surface area contributed by atoms with Gasteiger partial charge in [-0.3, -0.25) is 9.59 Å². The van der Waals surface area contributed by atoms with E-state index in [4.69, 9.17) is 9.72 Å². The number of aromatic nitrogens is 6. The van der Waals surface area contributed by atoms with Gasteiger partial charge in [-0.15, -0.1) is 0 Å². The van der Waals surface area contributed by atoms with E-state index in [0.717, 1.165) is 42.7 Å². The summed E-state index contributed by atoms with van der Waals surface area (Å²) in [7, 11) is 0. The van der Waals surface area contributed by atoms with Crippen molar-refractivity contribution in [3.63, 3.8) is 0 Å². The third kappa shape index (κ3) is 4.71. The van der Waals surface area contributed by atoms with Gasteiger partial charge in [0.1, 0.15) is 11.1 Å². The van der Waals surface area contributed by atoms with E-state index in [1.807, 2.05) is 42.7 Å². The molecule has 1 saturated heterocycles. The van der Waals surface area contributed by atoms with Crippen LogP contribution in [0.25, 0.3) is 27.8 Å². The molecule has 3 aliphatic rings. The fourth-order valence-electron chi connectivity index (χ4n) is 6.45. The van der Waals surface area contributed by atoms with Crippen molar-refractivity contribution >= 4 is 45.3 Å². The van der Waals surface area contributed by atoms with Crippen LogP contribution in [0, 0.1) is 0 Å². The van der Waals surface area contributed by atoms with Crippen LogP contribution in [0.5, 0.6) is 5.75 Å². The molecule has 0 atom stereocenters. The van der Waals surface area contributed by atoms with Gasteiger partial charge in [0.25, 0.3) is 11.5 Å². The number of carbonyl (C=O) groups excluding carboxylic acids is 1. The lowest BCUT2D eigenvalue weighted by atomic mass is 10.1. The van der Waals surface area contributed by atoms with Crippen molar-refractivity contribution in [2.24, 2.45) is 0 Å². The van der Waals surface area contributed by atoms with Crippen LogP contribution in [-0.4, -0.2) is 72.5 Å². The third-order valence-corrected chi connectivity index (χ3v) is 8.74. The Bertz CT molecular complexity index is 1980. The molecule has 224 valence electrons. The molecule has 0 unspecified atom stereocenters. The van der Waals surface area contributed by atoms with Gasteiger partial charge in [-0.1, -0.05) is 12.2 Å². The maximum Gasteiger partial charge on any atom is 0.278 e. The van der Waals surface area contributed by atoms with Crippen LogP contribution in [0.15, 0.2) is 65.9 Å². The first-order valence-corrected chi connectivity index (χ1v) is 15.3. The normalized spacial score (nSPS) is 17.7. The summed E-state index contributed by atoms with van der Waals surface area (Å²) in [6, 6.07) is 11.7. The lowest BCUT2D eigenvalue weighted by Crippen LogP contribution is -2.39. The van der Waals surface area contributed by atoms with Gasteiger partial charge in [-0.2, -0.15) is 4.98 Å². The van der Waals surface area contributed by atoms with Crippen LogP contribution in [0.1, 0.15) is 25.7 Å². The average Bonchev–Trinajstić information content (AvgIpc) is 3.76. The molecule has 6 heterocycles. The summed E-state index contributed by atoms with van der Waals surface area (Å²) in [5.74, 6) is 0.941. The molecule has 44 heavy (non-hydrogen) atoms. The first kappa shape index (κ1) is 26.6. The molecule has 8 rings (SSSR count). The minimum atomic E-state index is -0.184. The lowest BCUT2D eigenvalue weighted by Gasteiger charge is -2.30. The number of allylic oxidation sites excluding steroid dienone is 2. The number of amides is 1. The number of likely N-dealkylation sites (tertiary alicyclic amines) is 1. The summed E-state index contributed by atoms with van der Waals surface area (Å²) in [6.45, 7) is 5.29. The fraction of sp³-hybridized carbons (Fsp3) is 0.344. The zero-order valence-corrected chi connectivity index (χ0v) is 24.4. The van der Waals surface area contributed by atoms with Crippen molar-refractivity contribution < 1.29 is 9.53 Å². The quantitative estimate of drug-likeness (QED) is 0.307. The van der Waals surface area contributed by atoms with Gasteiger partial charge in [0.05, 0.1) is 35.3 Å². The summed E-state index contributed by atoms with van der Waals surface area (Å²) in [4.78, 5) is 44.6. The number of hydrogen-bond donors (Lipinski definition) is 1. The maximum atomic E-state index is 13.6. The van der Waals surface area contributed by atoms with Crippen LogP contribution in [0.3, 0.4) is 0 Å². The van der Waals surface area contributed by atoms with E-state index < -0.39 is 0 Å². The van der Waals surface area contributed by atoms with E-state index in [1.165, 1.54) is 25.9 Å². The number of benzene rings is 2. The summed E-state index contributed by atoms with van der Waals surface area (Å²) in [5, 5.41) is 3.72. The Morgan fingerprint density at radius 2 is 1.84 bits per heavy atom. The van der Waals surface area contributed by atoms with Crippen molar-refractivity contribution in [3.05, 3.63) is 71.4 Å². The molecule has 1 amide bonds. The monoisotopic (exact) mass is 591 g/mol. The fourth-order valence-corrected chi connectivity index (χ4v) is 6.45. The Kier molecular flexibility index (Phi) is 6.63. The maximum absolute atomic E-state index is 13.6. The Morgan fingerprint density at radius 1 is 0.932 bits per heavy atom. The summed E-state index contributed by atoms with van der Waals surface area (Å²) in [5.41, 5.74) is 4.48. The first-order chi connectivity index (χ1) is 21.6. The SMILES string of the molecule is O=C1COc2ccc3cc2N1CCC/C=C\Cn1c(=O)c2cnc(Nc4ccc5c(c4)ncn5CCN4CCCC4)nc2n1-3. The molecule has 3 aliphatic heterocycles. The third-order valence-electron chi connectivity index (χ3n) is 8.74. The molecular formula is C32H33N9O3. The number of carbonyl (C=O) groups is 1. The van der Waals surface area contributed by atoms with E-state index in [0.29, 0.717) is 47.2 Å². The number of nitrogens with zero attached hydrogens (tertiary/aromatic N) is 8. The summed E-state index contributed by atoms with van der Waals surface area (Å²) >= 11 is 0. The number of anilines is 3. The predicted octanol–water partition coefficient (Wildman–Crippen LogP) is 3.85.